The van der Waals surface area contributed by atoms with E-state index < -0.39 is 126 Å². The zero-order valence-corrected chi connectivity index (χ0v) is 48.2. The van der Waals surface area contributed by atoms with Crippen LogP contribution in [0.5, 0.6) is 0 Å². The minimum absolute atomic E-state index is 0.0377. The van der Waals surface area contributed by atoms with Gasteiger partial charge in [0.2, 0.25) is 5.91 Å². The fraction of sp³-hybridized carbons (Fsp3) is 0.839. The van der Waals surface area contributed by atoms with Crippen LogP contribution in [0.15, 0.2) is 18.2 Å². The average molecular weight is 1110 g/mol. The molecule has 6 aliphatic rings. The van der Waals surface area contributed by atoms with Gasteiger partial charge in [0.1, 0.15) is 41.9 Å². The first kappa shape index (κ1) is 62.2. The number of ether oxygens (including phenoxy) is 8. The molecule has 444 valence electrons. The van der Waals surface area contributed by atoms with E-state index >= 15 is 4.39 Å². The van der Waals surface area contributed by atoms with Crippen LogP contribution in [0.3, 0.4) is 0 Å². The zero-order chi connectivity index (χ0) is 57.3. The van der Waals surface area contributed by atoms with Gasteiger partial charge in [0, 0.05) is 63.6 Å². The van der Waals surface area contributed by atoms with Crippen molar-refractivity contribution in [3.63, 3.8) is 0 Å². The van der Waals surface area contributed by atoms with Crippen molar-refractivity contribution in [2.75, 3.05) is 83.5 Å². The van der Waals surface area contributed by atoms with Crippen LogP contribution in [-0.2, 0) is 47.5 Å². The number of rotatable bonds is 14. The highest BCUT2D eigenvalue weighted by atomic mass is 19.1. The molecule has 1 saturated carbocycles. The van der Waals surface area contributed by atoms with Crippen molar-refractivity contribution in [1.82, 2.24) is 15.1 Å². The molecular weight excluding hydrogens is 1020 g/mol. The number of carbonyl (C=O) groups excluding carboxylic acids is 3. The number of nitrogens with zero attached hydrogens (tertiary/aromatic N) is 4. The molecule has 21 atom stereocenters. The van der Waals surface area contributed by atoms with Crippen LogP contribution in [-0.4, -0.2) is 223 Å². The van der Waals surface area contributed by atoms with Gasteiger partial charge in [-0.3, -0.25) is 14.5 Å². The number of aliphatic hydroxyl groups excluding tert-OH is 3. The van der Waals surface area contributed by atoms with Gasteiger partial charge in [-0.2, -0.15) is 0 Å². The molecule has 2 amide bonds. The maximum Gasteiger partial charge on any atom is 0.414 e. The molecule has 5 heterocycles. The van der Waals surface area contributed by atoms with Crippen molar-refractivity contribution in [2.24, 2.45) is 29.6 Å². The maximum absolute atomic E-state index is 15.2. The molecule has 0 spiro atoms. The number of methoxy groups -OCH3 is 1. The number of carbonyl (C=O) groups is 3. The molecule has 0 bridgehead atoms. The van der Waals surface area contributed by atoms with Gasteiger partial charge < -0.3 is 83.4 Å². The number of anilines is 2. The predicted molar refractivity (Wildman–Crippen MR) is 285 cm³/mol. The summed E-state index contributed by atoms with van der Waals surface area (Å²) in [7, 11) is 5.19. The minimum Gasteiger partial charge on any atom is -0.459 e. The van der Waals surface area contributed by atoms with Crippen molar-refractivity contribution < 1.29 is 82.2 Å². The summed E-state index contributed by atoms with van der Waals surface area (Å²) >= 11 is 0. The van der Waals surface area contributed by atoms with Crippen molar-refractivity contribution in [2.45, 2.75) is 198 Å². The molecule has 1 aromatic carbocycles. The van der Waals surface area contributed by atoms with Crippen LogP contribution < -0.4 is 15.1 Å². The molecule has 6 N–H and O–H groups in total. The Hall–Kier alpha value is -3.36. The summed E-state index contributed by atoms with van der Waals surface area (Å²) in [5, 5.41) is 62.8. The standard InChI is InChI=1S/C56H92FN5O16/c1-14-43-56(10,70)47(64)34(6)59(11)27-30(2)24-54(8,69)49(32(4)46(33(5)51(67)76-43)77-44-25-55(9,71-13)48(65)35(7)74-44)78-52-45(63)42(21-31(3)73-52)60(12)28-36-22-39(36)50(66)58-26-38-29-62(53(68)75-38)37-15-16-41(40(57)23-37)61-17-19-72-20-18-61/h15-16,23,30-36,38-39,42-49,52,63-65,69-70H,14,17-22,24-29H2,1-13H3,(H,58,66)/t30-,31-,32+,33-,34-,35+,36?,38+,39?,42+,43-,44+,45-,46+,47-,48+,49-,52+,54-,55-,56-/m1/s1. The van der Waals surface area contributed by atoms with E-state index in [9.17, 15) is 39.9 Å². The summed E-state index contributed by atoms with van der Waals surface area (Å²) in [5.74, 6) is -3.90. The molecule has 0 aromatic heterocycles. The topological polar surface area (TPSA) is 251 Å². The van der Waals surface area contributed by atoms with E-state index in [1.165, 1.54) is 25.0 Å². The lowest BCUT2D eigenvalue weighted by Gasteiger charge is -2.49. The lowest BCUT2D eigenvalue weighted by molar-refractivity contribution is -0.318. The zero-order valence-electron chi connectivity index (χ0n) is 48.2. The molecule has 7 rings (SSSR count). The van der Waals surface area contributed by atoms with Crippen LogP contribution >= 0.6 is 0 Å². The fourth-order valence-corrected chi connectivity index (χ4v) is 12.8. The molecule has 0 radical (unpaired) electrons. The Morgan fingerprint density at radius 2 is 1.63 bits per heavy atom. The Balaban J connectivity index is 1.05. The van der Waals surface area contributed by atoms with E-state index in [0.717, 1.165) is 0 Å². The summed E-state index contributed by atoms with van der Waals surface area (Å²) in [4.78, 5) is 48.1. The van der Waals surface area contributed by atoms with Crippen molar-refractivity contribution in [1.29, 1.82) is 0 Å². The van der Waals surface area contributed by atoms with Gasteiger partial charge in [0.25, 0.3) is 0 Å². The largest absolute Gasteiger partial charge is 0.459 e. The van der Waals surface area contributed by atoms with E-state index in [4.69, 9.17) is 37.9 Å². The summed E-state index contributed by atoms with van der Waals surface area (Å²) in [6.45, 7) is 20.6. The molecule has 6 fully saturated rings. The van der Waals surface area contributed by atoms with Gasteiger partial charge in [-0.25, -0.2) is 9.18 Å². The third-order valence-corrected chi connectivity index (χ3v) is 17.9. The van der Waals surface area contributed by atoms with E-state index in [1.807, 2.05) is 42.6 Å². The van der Waals surface area contributed by atoms with Crippen molar-refractivity contribution in [3.05, 3.63) is 24.0 Å². The smallest absolute Gasteiger partial charge is 0.414 e. The second-order valence-corrected chi connectivity index (χ2v) is 24.3. The SMILES string of the molecule is CC[C@H]1OC(=O)[C@H](C)[C@@H](O[C@H]2C[C@@](C)(OC)[C@@H](O)[C@H](C)O2)[C@H](C)[C@@H](O[C@@H]2O[C@H](C)C[C@H](N(C)CC3CC3C(=O)NC[C@H]3CN(c4ccc(N5CCOCC5)c(F)c4)C(=O)O3)[C@H]2O)[C@](C)(O)C[C@@H](C)CN(C)[C@H](C)[C@@H](O)[C@]1(C)O. The highest BCUT2D eigenvalue weighted by Gasteiger charge is 2.54. The number of cyclic esters (lactones) is 2. The molecule has 1 aliphatic carbocycles. The highest BCUT2D eigenvalue weighted by molar-refractivity contribution is 5.90. The summed E-state index contributed by atoms with van der Waals surface area (Å²) in [5.41, 5.74) is -3.82. The van der Waals surface area contributed by atoms with E-state index in [1.54, 1.807) is 60.6 Å². The lowest BCUT2D eigenvalue weighted by Crippen LogP contribution is -2.61. The Bertz CT molecular complexity index is 2190. The van der Waals surface area contributed by atoms with E-state index in [-0.39, 0.29) is 56.0 Å². The Morgan fingerprint density at radius 1 is 0.936 bits per heavy atom. The van der Waals surface area contributed by atoms with Crippen LogP contribution in [0.4, 0.5) is 20.6 Å². The van der Waals surface area contributed by atoms with Gasteiger partial charge in [0.05, 0.1) is 79.2 Å². The number of halogens is 1. The maximum atomic E-state index is 15.2. The van der Waals surface area contributed by atoms with Crippen LogP contribution in [0.25, 0.3) is 0 Å². The summed E-state index contributed by atoms with van der Waals surface area (Å²) in [6.07, 6.45) is -10.3. The Labute approximate surface area is 460 Å². The summed E-state index contributed by atoms with van der Waals surface area (Å²) < 4.78 is 64.5. The second-order valence-electron chi connectivity index (χ2n) is 24.3. The number of aliphatic hydroxyl groups is 5. The first-order valence-electron chi connectivity index (χ1n) is 28.3. The number of nitrogens with one attached hydrogen (secondary N) is 1. The molecule has 78 heavy (non-hydrogen) atoms. The molecule has 5 aliphatic heterocycles. The Kier molecular flexibility index (Phi) is 20.3. The summed E-state index contributed by atoms with van der Waals surface area (Å²) in [6, 6.07) is 3.57. The van der Waals surface area contributed by atoms with Crippen molar-refractivity contribution >= 4 is 29.3 Å². The number of hydrogen-bond donors (Lipinski definition) is 6. The van der Waals surface area contributed by atoms with Crippen LogP contribution in [0, 0.1) is 35.4 Å². The highest BCUT2D eigenvalue weighted by Crippen LogP contribution is 2.43. The molecule has 1 aromatic rings. The lowest BCUT2D eigenvalue weighted by atomic mass is 9.77. The van der Waals surface area contributed by atoms with Gasteiger partial charge in [-0.05, 0) is 118 Å². The van der Waals surface area contributed by atoms with Gasteiger partial charge >= 0.3 is 12.1 Å². The van der Waals surface area contributed by atoms with Crippen molar-refractivity contribution in [3.8, 4) is 0 Å². The fourth-order valence-electron chi connectivity index (χ4n) is 12.8. The van der Waals surface area contributed by atoms with Crippen LogP contribution in [0.2, 0.25) is 0 Å². The number of hydrogen-bond acceptors (Lipinski definition) is 19. The van der Waals surface area contributed by atoms with E-state index in [0.29, 0.717) is 63.6 Å². The third-order valence-electron chi connectivity index (χ3n) is 17.9. The number of amides is 2. The van der Waals surface area contributed by atoms with Crippen LogP contribution in [0.1, 0.15) is 101 Å². The first-order chi connectivity index (χ1) is 36.6. The number of likely N-dealkylation sites (N-methyl/N-ethyl adjacent to an activating group) is 2. The van der Waals surface area contributed by atoms with Gasteiger partial charge in [0.15, 0.2) is 12.6 Å². The molecule has 21 nitrogen and oxygen atoms in total. The Morgan fingerprint density at radius 3 is 2.28 bits per heavy atom. The molecule has 5 saturated heterocycles. The number of morpholine rings is 1. The third kappa shape index (κ3) is 13.9. The van der Waals surface area contributed by atoms with Gasteiger partial charge in [-0.15, -0.1) is 0 Å². The second kappa shape index (κ2) is 25.4. The van der Waals surface area contributed by atoms with E-state index in [2.05, 4.69) is 5.32 Å². The average Bonchev–Trinajstić information content (AvgIpc) is 4.07. The molecular formula is C56H92FN5O16. The molecule has 2 unspecified atom stereocenters. The minimum atomic E-state index is -1.86. The number of benzene rings is 1. The quantitative estimate of drug-likeness (QED) is 0.147. The normalized spacial score (nSPS) is 42.7. The number of esters is 1. The monoisotopic (exact) mass is 1110 g/mol. The molecule has 22 heteroatoms. The predicted octanol–water partition coefficient (Wildman–Crippen LogP) is 3.02. The first-order valence-corrected chi connectivity index (χ1v) is 28.3. The van der Waals surface area contributed by atoms with Gasteiger partial charge in [-0.1, -0.05) is 20.8 Å².